The average Bonchev–Trinajstić information content (AvgIpc) is 3.30. The molecule has 0 radical (unpaired) electrons. The third-order valence-corrected chi connectivity index (χ3v) is 5.72. The summed E-state index contributed by atoms with van der Waals surface area (Å²) in [6.45, 7) is 3.52. The van der Waals surface area contributed by atoms with E-state index in [4.69, 9.17) is 36.0 Å². The standard InChI is InChI=1S/C21H24N4O7S.C2HF3O2/c1-11(2)25(21(31)24-15(19(28)29)9-17(26)27)10-14-7-8-16(33-14)20(30)32-13-5-3-12(4-6-13)18(22)23;3-2(4,5)1(6)7/h3-8,11,15H,9-10H2,1-2H3,(H3,22,23)(H,24,31)(H,26,27)(H,28,29);(H,6,7)/t15-;/m0./s1. The summed E-state index contributed by atoms with van der Waals surface area (Å²) in [6.07, 6.45) is -5.84. The molecular weight excluding hydrogens is 565 g/mol. The molecule has 1 aromatic heterocycles. The Morgan fingerprint density at radius 2 is 1.60 bits per heavy atom. The highest BCUT2D eigenvalue weighted by atomic mass is 32.1. The molecule has 1 atom stereocenters. The van der Waals surface area contributed by atoms with Gasteiger partial charge in [-0.3, -0.25) is 10.2 Å². The van der Waals surface area contributed by atoms with Crippen molar-refractivity contribution in [3.63, 3.8) is 0 Å². The largest absolute Gasteiger partial charge is 0.490 e. The molecule has 0 bridgehead atoms. The van der Waals surface area contributed by atoms with E-state index >= 15 is 0 Å². The van der Waals surface area contributed by atoms with Crippen molar-refractivity contribution in [2.45, 2.75) is 45.1 Å². The molecule has 0 unspecified atom stereocenters. The minimum Gasteiger partial charge on any atom is -0.481 e. The Bertz CT molecular complexity index is 1250. The van der Waals surface area contributed by atoms with Crippen molar-refractivity contribution in [2.75, 3.05) is 0 Å². The molecule has 40 heavy (non-hydrogen) atoms. The lowest BCUT2D eigenvalue weighted by atomic mass is 10.2. The molecule has 2 rings (SSSR count). The zero-order valence-electron chi connectivity index (χ0n) is 20.9. The minimum atomic E-state index is -5.08. The quantitative estimate of drug-likeness (QED) is 0.103. The summed E-state index contributed by atoms with van der Waals surface area (Å²) in [5.41, 5.74) is 5.89. The number of benzene rings is 1. The molecular formula is C23H25F3N4O9S. The van der Waals surface area contributed by atoms with Crippen LogP contribution in [0.2, 0.25) is 0 Å². The fourth-order valence-corrected chi connectivity index (χ4v) is 3.58. The molecule has 2 amide bonds. The first kappa shape index (κ1) is 33.4. The second-order valence-corrected chi connectivity index (χ2v) is 9.22. The average molecular weight is 591 g/mol. The van der Waals surface area contributed by atoms with Gasteiger partial charge in [0, 0.05) is 16.5 Å². The Labute approximate surface area is 228 Å². The van der Waals surface area contributed by atoms with Crippen LogP contribution in [-0.2, 0) is 20.9 Å². The molecule has 0 aliphatic carbocycles. The summed E-state index contributed by atoms with van der Waals surface area (Å²) in [5.74, 6) is -5.99. The number of halogens is 3. The summed E-state index contributed by atoms with van der Waals surface area (Å²) in [4.78, 5) is 58.3. The molecule has 17 heteroatoms. The van der Waals surface area contributed by atoms with Crippen LogP contribution in [0.1, 0.15) is 40.4 Å². The predicted molar refractivity (Wildman–Crippen MR) is 133 cm³/mol. The van der Waals surface area contributed by atoms with Crippen LogP contribution in [0.25, 0.3) is 0 Å². The summed E-state index contributed by atoms with van der Waals surface area (Å²) in [5, 5.41) is 34.7. The minimum absolute atomic E-state index is 0.0775. The monoisotopic (exact) mass is 590 g/mol. The highest BCUT2D eigenvalue weighted by molar-refractivity contribution is 7.13. The Morgan fingerprint density at radius 3 is 2.02 bits per heavy atom. The van der Waals surface area contributed by atoms with Crippen LogP contribution in [0.3, 0.4) is 0 Å². The molecule has 1 aromatic carbocycles. The lowest BCUT2D eigenvalue weighted by molar-refractivity contribution is -0.192. The summed E-state index contributed by atoms with van der Waals surface area (Å²) >= 11 is 1.11. The number of carbonyl (C=O) groups excluding carboxylic acids is 2. The number of hydrogen-bond acceptors (Lipinski definition) is 8. The van der Waals surface area contributed by atoms with Crippen LogP contribution in [-0.4, -0.2) is 74.2 Å². The number of alkyl halides is 3. The van der Waals surface area contributed by atoms with Crippen molar-refractivity contribution in [3.8, 4) is 5.75 Å². The van der Waals surface area contributed by atoms with Crippen molar-refractivity contribution in [3.05, 3.63) is 51.7 Å². The molecule has 13 nitrogen and oxygen atoms in total. The second kappa shape index (κ2) is 14.5. The number of hydrogen-bond donors (Lipinski definition) is 6. The van der Waals surface area contributed by atoms with Crippen molar-refractivity contribution in [2.24, 2.45) is 5.73 Å². The van der Waals surface area contributed by atoms with E-state index in [0.29, 0.717) is 15.3 Å². The van der Waals surface area contributed by atoms with Gasteiger partial charge in [-0.2, -0.15) is 13.2 Å². The highest BCUT2D eigenvalue weighted by Crippen LogP contribution is 2.22. The maximum Gasteiger partial charge on any atom is 0.490 e. The van der Waals surface area contributed by atoms with E-state index in [1.54, 1.807) is 38.1 Å². The lowest BCUT2D eigenvalue weighted by Gasteiger charge is -2.27. The summed E-state index contributed by atoms with van der Waals surface area (Å²) in [7, 11) is 0. The number of urea groups is 1. The Morgan fingerprint density at radius 1 is 1.05 bits per heavy atom. The number of nitrogens with zero attached hydrogens (tertiary/aromatic N) is 1. The van der Waals surface area contributed by atoms with Gasteiger partial charge in [0.2, 0.25) is 0 Å². The maximum absolute atomic E-state index is 12.6. The number of thiophene rings is 1. The van der Waals surface area contributed by atoms with Gasteiger partial charge in [-0.25, -0.2) is 19.2 Å². The zero-order chi connectivity index (χ0) is 30.8. The topological polar surface area (TPSA) is 220 Å². The van der Waals surface area contributed by atoms with Gasteiger partial charge in [-0.1, -0.05) is 0 Å². The van der Waals surface area contributed by atoms with Crippen LogP contribution in [0.5, 0.6) is 5.75 Å². The molecule has 1 heterocycles. The molecule has 0 saturated heterocycles. The lowest BCUT2D eigenvalue weighted by Crippen LogP contribution is -2.50. The van der Waals surface area contributed by atoms with Gasteiger partial charge in [-0.05, 0) is 50.2 Å². The van der Waals surface area contributed by atoms with E-state index in [9.17, 15) is 32.3 Å². The third kappa shape index (κ3) is 11.0. The van der Waals surface area contributed by atoms with E-state index < -0.39 is 48.5 Å². The first-order valence-corrected chi connectivity index (χ1v) is 11.8. The van der Waals surface area contributed by atoms with Gasteiger partial charge in [0.25, 0.3) is 0 Å². The van der Waals surface area contributed by atoms with Gasteiger partial charge < -0.3 is 36.0 Å². The van der Waals surface area contributed by atoms with E-state index in [2.05, 4.69) is 5.32 Å². The molecule has 0 fully saturated rings. The summed E-state index contributed by atoms with van der Waals surface area (Å²) in [6, 6.07) is 6.70. The van der Waals surface area contributed by atoms with E-state index in [-0.39, 0.29) is 24.2 Å². The molecule has 0 spiro atoms. The number of aliphatic carboxylic acids is 3. The molecule has 0 saturated carbocycles. The summed E-state index contributed by atoms with van der Waals surface area (Å²) < 4.78 is 37.0. The van der Waals surface area contributed by atoms with Crippen LogP contribution in [0.4, 0.5) is 18.0 Å². The normalized spacial score (nSPS) is 11.4. The van der Waals surface area contributed by atoms with E-state index in [1.807, 2.05) is 0 Å². The van der Waals surface area contributed by atoms with Crippen LogP contribution in [0.15, 0.2) is 36.4 Å². The first-order valence-electron chi connectivity index (χ1n) is 11.0. The zero-order valence-corrected chi connectivity index (χ0v) is 21.7. The number of nitrogens with one attached hydrogen (secondary N) is 2. The molecule has 218 valence electrons. The number of carboxylic acid groups (broad SMARTS) is 3. The van der Waals surface area contributed by atoms with Crippen molar-refractivity contribution in [1.82, 2.24) is 10.2 Å². The number of esters is 1. The maximum atomic E-state index is 12.6. The second-order valence-electron chi connectivity index (χ2n) is 8.06. The number of nitrogens with two attached hydrogens (primary N) is 1. The number of carbonyl (C=O) groups is 5. The van der Waals surface area contributed by atoms with Crippen LogP contribution >= 0.6 is 11.3 Å². The Kier molecular flexibility index (Phi) is 12.1. The third-order valence-electron chi connectivity index (χ3n) is 4.67. The van der Waals surface area contributed by atoms with E-state index in [1.165, 1.54) is 17.0 Å². The van der Waals surface area contributed by atoms with E-state index in [0.717, 1.165) is 11.3 Å². The van der Waals surface area contributed by atoms with Gasteiger partial charge in [0.05, 0.1) is 13.0 Å². The van der Waals surface area contributed by atoms with Gasteiger partial charge in [0.15, 0.2) is 0 Å². The Hall–Kier alpha value is -4.67. The van der Waals surface area contributed by atoms with Crippen molar-refractivity contribution >= 4 is 47.1 Å². The number of ether oxygens (including phenoxy) is 1. The number of amides is 2. The predicted octanol–water partition coefficient (Wildman–Crippen LogP) is 2.73. The smallest absolute Gasteiger partial charge is 0.481 e. The number of nitrogen functional groups attached to an aromatic ring is 1. The molecule has 2 aromatic rings. The number of carboxylic acids is 3. The molecule has 0 aliphatic rings. The van der Waals surface area contributed by atoms with Gasteiger partial charge in [0.1, 0.15) is 22.5 Å². The fraction of sp³-hybridized carbons (Fsp3) is 0.304. The first-order chi connectivity index (χ1) is 18.4. The highest BCUT2D eigenvalue weighted by Gasteiger charge is 2.38. The SMILES string of the molecule is CC(C)N(Cc1ccc(C(=O)Oc2ccc(C(=N)N)cc2)s1)C(=O)N[C@@H](CC(=O)O)C(=O)O.O=C(O)C(F)(F)F. The molecule has 7 N–H and O–H groups in total. The van der Waals surface area contributed by atoms with Crippen molar-refractivity contribution in [1.29, 1.82) is 5.41 Å². The number of amidine groups is 1. The fourth-order valence-electron chi connectivity index (χ4n) is 2.70. The van der Waals surface area contributed by atoms with Crippen molar-refractivity contribution < 1.29 is 57.2 Å². The van der Waals surface area contributed by atoms with Gasteiger partial charge in [-0.15, -0.1) is 11.3 Å². The molecule has 0 aliphatic heterocycles. The van der Waals surface area contributed by atoms with Gasteiger partial charge >= 0.3 is 36.1 Å². The Balaban J connectivity index is 0.00000101. The van der Waals surface area contributed by atoms with Crippen LogP contribution < -0.4 is 15.8 Å². The van der Waals surface area contributed by atoms with Crippen LogP contribution in [0, 0.1) is 5.41 Å². The number of rotatable bonds is 10.